The number of carbonyl (C=O) groups is 2. The van der Waals surface area contributed by atoms with Crippen molar-refractivity contribution in [2.45, 2.75) is 13.2 Å². The molecule has 0 aromatic heterocycles. The molecule has 1 atom stereocenters. The summed E-state index contributed by atoms with van der Waals surface area (Å²) in [6, 6.07) is 22.3. The Balaban J connectivity index is 1.08. The first kappa shape index (κ1) is 23.9. The standard InChI is InChI=1S/C32H24N5O3/c33-37-15-14-34-18-28(37)29(23-8-4-9-23)35-30(37)24-10-5-11-25(17-24)40-20-22-7-3-6-21(16-22)19-36-31(38)26-12-1-2-13-27(26)32(36)39/h1-18H,19-20,33H2/q+1. The molecule has 0 radical (unpaired) electrons. The number of hydrogen-bond acceptors (Lipinski definition) is 6. The van der Waals surface area contributed by atoms with E-state index in [1.54, 1.807) is 36.7 Å². The lowest BCUT2D eigenvalue weighted by Crippen LogP contribution is -2.53. The summed E-state index contributed by atoms with van der Waals surface area (Å²) in [7, 11) is 0. The van der Waals surface area contributed by atoms with Gasteiger partial charge in [-0.15, -0.1) is 4.59 Å². The summed E-state index contributed by atoms with van der Waals surface area (Å²) in [5.41, 5.74) is 6.16. The summed E-state index contributed by atoms with van der Waals surface area (Å²) in [6.07, 6.45) is 11.2. The lowest BCUT2D eigenvalue weighted by atomic mass is 10.0. The Labute approximate surface area is 230 Å². The molecule has 40 heavy (non-hydrogen) atoms. The van der Waals surface area contributed by atoms with E-state index in [1.165, 1.54) is 4.90 Å². The smallest absolute Gasteiger partial charge is 0.265 e. The molecule has 8 nitrogen and oxygen atoms in total. The number of benzene rings is 3. The Hall–Kier alpha value is -5.18. The number of hydrogen-bond donors (Lipinski definition) is 1. The molecule has 4 aliphatic rings. The van der Waals surface area contributed by atoms with Gasteiger partial charge in [-0.05, 0) is 41.5 Å². The van der Waals surface area contributed by atoms with E-state index in [0.29, 0.717) is 29.3 Å². The fourth-order valence-corrected chi connectivity index (χ4v) is 5.22. The number of allylic oxidation sites excluding steroid dienone is 4. The van der Waals surface area contributed by atoms with Gasteiger partial charge in [0.15, 0.2) is 0 Å². The van der Waals surface area contributed by atoms with Crippen LogP contribution in [-0.2, 0) is 13.2 Å². The zero-order valence-corrected chi connectivity index (χ0v) is 21.4. The van der Waals surface area contributed by atoms with E-state index in [1.807, 2.05) is 73.0 Å². The van der Waals surface area contributed by atoms with Gasteiger partial charge in [-0.1, -0.05) is 60.7 Å². The van der Waals surface area contributed by atoms with E-state index >= 15 is 0 Å². The van der Waals surface area contributed by atoms with Crippen LogP contribution in [0.25, 0.3) is 0 Å². The molecule has 1 aliphatic carbocycles. The highest BCUT2D eigenvalue weighted by atomic mass is 16.5. The summed E-state index contributed by atoms with van der Waals surface area (Å²) in [6.45, 7) is 0.514. The number of quaternary nitrogens is 1. The Bertz CT molecular complexity index is 1760. The van der Waals surface area contributed by atoms with E-state index in [-0.39, 0.29) is 23.0 Å². The molecule has 2 amide bonds. The molecule has 3 heterocycles. The number of nitrogens with two attached hydrogens (primary N) is 1. The van der Waals surface area contributed by atoms with Gasteiger partial charge in [-0.25, -0.2) is 0 Å². The average Bonchev–Trinajstić information content (AvgIpc) is 3.38. The molecule has 2 N–H and O–H groups in total. The summed E-state index contributed by atoms with van der Waals surface area (Å²) in [4.78, 5) is 36.0. The predicted molar refractivity (Wildman–Crippen MR) is 151 cm³/mol. The van der Waals surface area contributed by atoms with E-state index in [0.717, 1.165) is 33.7 Å². The second-order valence-corrected chi connectivity index (χ2v) is 9.88. The molecule has 0 saturated heterocycles. The lowest BCUT2D eigenvalue weighted by molar-refractivity contribution is -0.750. The molecule has 3 aromatic carbocycles. The van der Waals surface area contributed by atoms with E-state index in [4.69, 9.17) is 15.6 Å². The van der Waals surface area contributed by atoms with E-state index in [9.17, 15) is 9.59 Å². The summed E-state index contributed by atoms with van der Waals surface area (Å²) in [5.74, 6) is 7.64. The highest BCUT2D eigenvalue weighted by Gasteiger charge is 2.45. The molecule has 0 saturated carbocycles. The average molecular weight is 527 g/mol. The zero-order valence-electron chi connectivity index (χ0n) is 21.4. The van der Waals surface area contributed by atoms with Gasteiger partial charge in [0.25, 0.3) is 17.6 Å². The largest absolute Gasteiger partial charge is 0.489 e. The number of carbonyl (C=O) groups excluding carboxylic acids is 2. The number of imide groups is 1. The van der Waals surface area contributed by atoms with Crippen LogP contribution >= 0.6 is 0 Å². The molecular weight excluding hydrogens is 502 g/mol. The second-order valence-electron chi connectivity index (χ2n) is 9.88. The van der Waals surface area contributed by atoms with Gasteiger partial charge in [0, 0.05) is 5.57 Å². The van der Waals surface area contributed by atoms with Crippen molar-refractivity contribution in [3.8, 4) is 5.75 Å². The van der Waals surface area contributed by atoms with Crippen LogP contribution in [0.5, 0.6) is 5.75 Å². The van der Waals surface area contributed by atoms with Gasteiger partial charge in [0.05, 0.1) is 35.6 Å². The molecule has 1 unspecified atom stereocenters. The van der Waals surface area contributed by atoms with Gasteiger partial charge >= 0.3 is 0 Å². The number of fused-ring (bicyclic) bond motifs is 2. The third-order valence-electron chi connectivity index (χ3n) is 7.33. The highest BCUT2D eigenvalue weighted by molar-refractivity contribution is 6.21. The van der Waals surface area contributed by atoms with Crippen molar-refractivity contribution >= 4 is 23.9 Å². The van der Waals surface area contributed by atoms with Crippen LogP contribution in [0, 0.1) is 0 Å². The maximum absolute atomic E-state index is 12.8. The molecule has 8 heteroatoms. The SMILES string of the molecule is N[N+]12C=CN=CC1=C(C1=CC=C1)N=C2c1cccc(OCc2cccc(CN3C(=O)c4ccccc4C3=O)c2)c1. The van der Waals surface area contributed by atoms with Crippen LogP contribution in [0.1, 0.15) is 37.4 Å². The Morgan fingerprint density at radius 2 is 1.65 bits per heavy atom. The van der Waals surface area contributed by atoms with Crippen molar-refractivity contribution in [1.82, 2.24) is 4.90 Å². The van der Waals surface area contributed by atoms with E-state index < -0.39 is 0 Å². The van der Waals surface area contributed by atoms with Crippen LogP contribution in [-0.4, -0.2) is 33.4 Å². The number of aliphatic imine (C=N–C) groups is 2. The first-order valence-electron chi connectivity index (χ1n) is 12.9. The van der Waals surface area contributed by atoms with Crippen LogP contribution in [0.2, 0.25) is 0 Å². The third-order valence-corrected chi connectivity index (χ3v) is 7.33. The number of ether oxygens (including phenoxy) is 1. The minimum absolute atomic E-state index is 0.0622. The summed E-state index contributed by atoms with van der Waals surface area (Å²) in [5, 5.41) is 0. The van der Waals surface area contributed by atoms with E-state index in [2.05, 4.69) is 4.99 Å². The first-order chi connectivity index (χ1) is 19.5. The third kappa shape index (κ3) is 3.86. The van der Waals surface area contributed by atoms with Crippen molar-refractivity contribution in [3.05, 3.63) is 148 Å². The quantitative estimate of drug-likeness (QED) is 0.272. The molecule has 0 bridgehead atoms. The Morgan fingerprint density at radius 3 is 2.40 bits per heavy atom. The summed E-state index contributed by atoms with van der Waals surface area (Å²) >= 11 is 0. The molecule has 0 spiro atoms. The second kappa shape index (κ2) is 9.23. The topological polar surface area (TPSA) is 97.3 Å². The predicted octanol–water partition coefficient (Wildman–Crippen LogP) is 4.78. The number of amidine groups is 1. The van der Waals surface area contributed by atoms with Crippen molar-refractivity contribution in [3.63, 3.8) is 0 Å². The van der Waals surface area contributed by atoms with Gasteiger partial charge in [-0.3, -0.25) is 19.5 Å². The Kier molecular flexibility index (Phi) is 5.52. The van der Waals surface area contributed by atoms with Gasteiger partial charge in [-0.2, -0.15) is 10.8 Å². The van der Waals surface area contributed by atoms with Crippen LogP contribution in [0.15, 0.2) is 130 Å². The van der Waals surface area contributed by atoms with Crippen molar-refractivity contribution in [2.75, 3.05) is 0 Å². The van der Waals surface area contributed by atoms with Gasteiger partial charge in [0.2, 0.25) is 5.70 Å². The normalized spacial score (nSPS) is 20.4. The number of amides is 2. The molecule has 3 aromatic rings. The molecule has 7 rings (SSSR count). The molecular formula is C32H24N5O3+. The maximum atomic E-state index is 12.8. The summed E-state index contributed by atoms with van der Waals surface area (Å²) < 4.78 is 6.09. The van der Waals surface area contributed by atoms with Crippen LogP contribution < -0.4 is 10.6 Å². The van der Waals surface area contributed by atoms with Crippen LogP contribution in [0.3, 0.4) is 0 Å². The first-order valence-corrected chi connectivity index (χ1v) is 12.9. The fraction of sp³-hybridized carbons (Fsp3) is 0.0625. The lowest BCUT2D eigenvalue weighted by Gasteiger charge is -2.26. The minimum atomic E-state index is -0.269. The van der Waals surface area contributed by atoms with Gasteiger partial charge < -0.3 is 4.74 Å². The number of nitrogens with zero attached hydrogens (tertiary/aromatic N) is 4. The Morgan fingerprint density at radius 1 is 0.900 bits per heavy atom. The molecule has 0 fully saturated rings. The fourth-order valence-electron chi connectivity index (χ4n) is 5.22. The highest BCUT2D eigenvalue weighted by Crippen LogP contribution is 2.36. The monoisotopic (exact) mass is 526 g/mol. The van der Waals surface area contributed by atoms with Crippen LogP contribution in [0.4, 0.5) is 0 Å². The van der Waals surface area contributed by atoms with Crippen molar-refractivity contribution < 1.29 is 18.9 Å². The molecule has 194 valence electrons. The number of rotatable bonds is 7. The minimum Gasteiger partial charge on any atom is -0.489 e. The van der Waals surface area contributed by atoms with Gasteiger partial charge in [0.1, 0.15) is 24.3 Å². The van der Waals surface area contributed by atoms with Crippen molar-refractivity contribution in [2.24, 2.45) is 15.8 Å². The van der Waals surface area contributed by atoms with Crippen molar-refractivity contribution in [1.29, 1.82) is 0 Å². The molecule has 3 aliphatic heterocycles. The maximum Gasteiger partial charge on any atom is 0.265 e. The zero-order chi connectivity index (χ0) is 27.3.